The molecule has 0 aliphatic carbocycles. The minimum Gasteiger partial charge on any atom is -0.493 e. The predicted octanol–water partition coefficient (Wildman–Crippen LogP) is 5.25. The van der Waals surface area contributed by atoms with Crippen LogP contribution in [-0.4, -0.2) is 12.0 Å². The molecule has 0 atom stereocenters. The number of rotatable bonds is 7. The van der Waals surface area contributed by atoms with Gasteiger partial charge in [-0.15, -0.1) is 0 Å². The van der Waals surface area contributed by atoms with Crippen LogP contribution in [0.4, 0.5) is 5.69 Å². The Bertz CT molecular complexity index is 1070. The highest BCUT2D eigenvalue weighted by Gasteiger charge is 2.12. The Hall–Kier alpha value is -4.11. The van der Waals surface area contributed by atoms with Crippen LogP contribution in [0, 0.1) is 21.4 Å². The number of methoxy groups -OCH3 is 1. The van der Waals surface area contributed by atoms with Crippen molar-refractivity contribution in [2.75, 3.05) is 7.11 Å². The molecule has 0 bridgehead atoms. The van der Waals surface area contributed by atoms with Crippen molar-refractivity contribution in [1.82, 2.24) is 0 Å². The van der Waals surface area contributed by atoms with E-state index < -0.39 is 4.92 Å². The van der Waals surface area contributed by atoms with Crippen LogP contribution in [0.15, 0.2) is 72.8 Å². The number of benzene rings is 3. The van der Waals surface area contributed by atoms with Crippen molar-refractivity contribution in [3.05, 3.63) is 99.6 Å². The molecular weight excluding hydrogens is 368 g/mol. The third-order valence-electron chi connectivity index (χ3n) is 4.26. The molecule has 3 aromatic carbocycles. The summed E-state index contributed by atoms with van der Waals surface area (Å²) < 4.78 is 11.4. The summed E-state index contributed by atoms with van der Waals surface area (Å²) in [6, 6.07) is 23.2. The molecule has 3 aromatic rings. The van der Waals surface area contributed by atoms with Gasteiger partial charge in [0.2, 0.25) is 0 Å². The van der Waals surface area contributed by atoms with Gasteiger partial charge in [0.1, 0.15) is 6.61 Å². The summed E-state index contributed by atoms with van der Waals surface area (Å²) in [4.78, 5) is 10.4. The lowest BCUT2D eigenvalue weighted by atomic mass is 10.0. The van der Waals surface area contributed by atoms with Gasteiger partial charge in [-0.3, -0.25) is 10.1 Å². The first kappa shape index (κ1) is 19.6. The maximum absolute atomic E-state index is 10.8. The van der Waals surface area contributed by atoms with E-state index in [1.165, 1.54) is 12.1 Å². The average Bonchev–Trinajstić information content (AvgIpc) is 2.77. The first-order valence-electron chi connectivity index (χ1n) is 8.82. The Balaban J connectivity index is 1.95. The first-order chi connectivity index (χ1) is 14.1. The minimum atomic E-state index is -0.475. The molecule has 144 valence electrons. The van der Waals surface area contributed by atoms with Crippen LogP contribution in [0.2, 0.25) is 0 Å². The van der Waals surface area contributed by atoms with Gasteiger partial charge >= 0.3 is 0 Å². The number of para-hydroxylation sites is 1. The van der Waals surface area contributed by atoms with E-state index in [-0.39, 0.29) is 5.69 Å². The molecule has 0 heterocycles. The van der Waals surface area contributed by atoms with Crippen LogP contribution in [0.25, 0.3) is 11.6 Å². The summed E-state index contributed by atoms with van der Waals surface area (Å²) in [5.41, 5.74) is 2.59. The van der Waals surface area contributed by atoms with Crippen LogP contribution in [0.3, 0.4) is 0 Å². The fourth-order valence-corrected chi connectivity index (χ4v) is 2.79. The van der Waals surface area contributed by atoms with Crippen molar-refractivity contribution in [3.63, 3.8) is 0 Å². The lowest BCUT2D eigenvalue weighted by Gasteiger charge is -2.14. The molecule has 0 unspecified atom stereocenters. The number of nitro benzene ring substituents is 1. The second-order valence-electron chi connectivity index (χ2n) is 6.13. The maximum atomic E-state index is 10.8. The predicted molar refractivity (Wildman–Crippen MR) is 110 cm³/mol. The summed E-state index contributed by atoms with van der Waals surface area (Å²) in [5, 5.41) is 20.5. The minimum absolute atomic E-state index is 0.0284. The van der Waals surface area contributed by atoms with Crippen LogP contribution in [-0.2, 0) is 6.61 Å². The van der Waals surface area contributed by atoms with Gasteiger partial charge in [-0.25, -0.2) is 0 Å². The van der Waals surface area contributed by atoms with E-state index in [1.54, 1.807) is 31.4 Å². The van der Waals surface area contributed by atoms with Crippen molar-refractivity contribution in [2.24, 2.45) is 0 Å². The van der Waals surface area contributed by atoms with Gasteiger partial charge in [0.05, 0.1) is 23.7 Å². The second kappa shape index (κ2) is 9.20. The lowest BCUT2D eigenvalue weighted by Crippen LogP contribution is -1.99. The zero-order valence-electron chi connectivity index (χ0n) is 15.7. The zero-order valence-corrected chi connectivity index (χ0v) is 15.7. The number of hydrogen-bond acceptors (Lipinski definition) is 5. The first-order valence-corrected chi connectivity index (χ1v) is 8.82. The van der Waals surface area contributed by atoms with Gasteiger partial charge in [0.15, 0.2) is 11.5 Å². The number of hydrogen-bond donors (Lipinski definition) is 0. The molecule has 0 saturated heterocycles. The molecule has 0 fully saturated rings. The Morgan fingerprint density at radius 2 is 1.79 bits per heavy atom. The largest absolute Gasteiger partial charge is 0.493 e. The molecule has 0 saturated carbocycles. The standard InChI is InChI=1S/C23H18N2O4/c1-28-22-9-5-8-19(23(22)29-16-17-6-3-2-4-7-17)14-20(15-24)18-10-12-21(13-11-18)25(26)27/h2-14H,16H2,1H3. The van der Waals surface area contributed by atoms with Crippen molar-refractivity contribution in [3.8, 4) is 17.6 Å². The number of ether oxygens (including phenoxy) is 2. The Kier molecular flexibility index (Phi) is 6.23. The molecule has 0 aromatic heterocycles. The number of allylic oxidation sites excluding steroid dienone is 1. The molecule has 0 spiro atoms. The second-order valence-corrected chi connectivity index (χ2v) is 6.13. The molecule has 0 aliphatic heterocycles. The lowest BCUT2D eigenvalue weighted by molar-refractivity contribution is -0.384. The highest BCUT2D eigenvalue weighted by molar-refractivity contribution is 5.91. The van der Waals surface area contributed by atoms with Gasteiger partial charge < -0.3 is 9.47 Å². The van der Waals surface area contributed by atoms with Crippen LogP contribution >= 0.6 is 0 Å². The van der Waals surface area contributed by atoms with E-state index >= 15 is 0 Å². The fraction of sp³-hybridized carbons (Fsp3) is 0.0870. The number of non-ortho nitro benzene ring substituents is 1. The third-order valence-corrected chi connectivity index (χ3v) is 4.26. The number of nitrogens with zero attached hydrogens (tertiary/aromatic N) is 2. The molecule has 0 amide bonds. The van der Waals surface area contributed by atoms with Crippen molar-refractivity contribution in [2.45, 2.75) is 6.61 Å². The SMILES string of the molecule is COc1cccc(C=C(C#N)c2ccc([N+](=O)[O-])cc2)c1OCc1ccccc1. The Morgan fingerprint density at radius 1 is 1.07 bits per heavy atom. The third kappa shape index (κ3) is 4.79. The van der Waals surface area contributed by atoms with E-state index in [9.17, 15) is 15.4 Å². The molecule has 6 nitrogen and oxygen atoms in total. The summed E-state index contributed by atoms with van der Waals surface area (Å²) in [6.45, 7) is 0.349. The topological polar surface area (TPSA) is 85.4 Å². The molecular formula is C23H18N2O4. The van der Waals surface area contributed by atoms with Crippen LogP contribution in [0.1, 0.15) is 16.7 Å². The van der Waals surface area contributed by atoms with Crippen molar-refractivity contribution in [1.29, 1.82) is 5.26 Å². The molecule has 0 radical (unpaired) electrons. The zero-order chi connectivity index (χ0) is 20.6. The summed E-state index contributed by atoms with van der Waals surface area (Å²) >= 11 is 0. The van der Waals surface area contributed by atoms with E-state index in [0.717, 1.165) is 5.56 Å². The van der Waals surface area contributed by atoms with Gasteiger partial charge in [-0.1, -0.05) is 42.5 Å². The quantitative estimate of drug-likeness (QED) is 0.240. The van der Waals surface area contributed by atoms with Crippen LogP contribution in [0.5, 0.6) is 11.5 Å². The highest BCUT2D eigenvalue weighted by Crippen LogP contribution is 2.34. The Morgan fingerprint density at radius 3 is 2.41 bits per heavy atom. The van der Waals surface area contributed by atoms with Crippen molar-refractivity contribution >= 4 is 17.3 Å². The summed E-state index contributed by atoms with van der Waals surface area (Å²) in [5.74, 6) is 1.07. The fourth-order valence-electron chi connectivity index (χ4n) is 2.79. The smallest absolute Gasteiger partial charge is 0.269 e. The van der Waals surface area contributed by atoms with E-state index in [1.807, 2.05) is 42.5 Å². The van der Waals surface area contributed by atoms with Gasteiger partial charge in [-0.05, 0) is 35.4 Å². The van der Waals surface area contributed by atoms with Gasteiger partial charge in [0.25, 0.3) is 5.69 Å². The summed E-state index contributed by atoms with van der Waals surface area (Å²) in [7, 11) is 1.56. The van der Waals surface area contributed by atoms with Crippen LogP contribution < -0.4 is 9.47 Å². The van der Waals surface area contributed by atoms with E-state index in [4.69, 9.17) is 9.47 Å². The molecule has 6 heteroatoms. The Labute approximate surface area is 168 Å². The number of nitriles is 1. The molecule has 0 aliphatic rings. The highest BCUT2D eigenvalue weighted by atomic mass is 16.6. The normalized spacial score (nSPS) is 10.8. The molecule has 0 N–H and O–H groups in total. The van der Waals surface area contributed by atoms with E-state index in [0.29, 0.717) is 34.8 Å². The number of nitro groups is 1. The molecule has 3 rings (SSSR count). The maximum Gasteiger partial charge on any atom is 0.269 e. The average molecular weight is 386 g/mol. The van der Waals surface area contributed by atoms with Crippen molar-refractivity contribution < 1.29 is 14.4 Å². The molecule has 29 heavy (non-hydrogen) atoms. The van der Waals surface area contributed by atoms with E-state index in [2.05, 4.69) is 6.07 Å². The monoisotopic (exact) mass is 386 g/mol. The van der Waals surface area contributed by atoms with Gasteiger partial charge in [-0.2, -0.15) is 5.26 Å². The summed E-state index contributed by atoms with van der Waals surface area (Å²) in [6.07, 6.45) is 1.68. The van der Waals surface area contributed by atoms with Gasteiger partial charge in [0, 0.05) is 17.7 Å².